The van der Waals surface area contributed by atoms with Crippen molar-refractivity contribution in [3.05, 3.63) is 82.9 Å². The third-order valence-corrected chi connectivity index (χ3v) is 5.96. The molecule has 0 saturated carbocycles. The summed E-state index contributed by atoms with van der Waals surface area (Å²) in [7, 11) is 0. The van der Waals surface area contributed by atoms with Crippen LogP contribution in [0, 0.1) is 0 Å². The second-order valence-electron chi connectivity index (χ2n) is 8.07. The van der Waals surface area contributed by atoms with Crippen LogP contribution in [0.3, 0.4) is 0 Å². The highest BCUT2D eigenvalue weighted by molar-refractivity contribution is 5.94. The van der Waals surface area contributed by atoms with Crippen molar-refractivity contribution in [3.63, 3.8) is 0 Å². The van der Waals surface area contributed by atoms with Crippen molar-refractivity contribution < 1.29 is 9.53 Å². The van der Waals surface area contributed by atoms with Crippen molar-refractivity contribution in [3.8, 4) is 11.1 Å². The van der Waals surface area contributed by atoms with Gasteiger partial charge in [-0.15, -0.1) is 0 Å². The number of aromatic nitrogens is 3. The minimum atomic E-state index is -0.0487. The van der Waals surface area contributed by atoms with Crippen molar-refractivity contribution in [2.24, 2.45) is 0 Å². The molecule has 4 aromatic rings. The molecule has 0 aliphatic carbocycles. The number of nitrogens with zero attached hydrogens (tertiary/aromatic N) is 4. The van der Waals surface area contributed by atoms with E-state index in [4.69, 9.17) is 4.74 Å². The van der Waals surface area contributed by atoms with Gasteiger partial charge in [-0.1, -0.05) is 30.3 Å². The summed E-state index contributed by atoms with van der Waals surface area (Å²) in [5.41, 5.74) is 2.82. The van der Waals surface area contributed by atoms with Gasteiger partial charge in [0, 0.05) is 49.9 Å². The van der Waals surface area contributed by atoms with E-state index in [1.807, 2.05) is 54.1 Å². The number of anilines is 2. The molecule has 8 nitrogen and oxygen atoms in total. The minimum Gasteiger partial charge on any atom is -0.378 e. The molecule has 1 saturated heterocycles. The average Bonchev–Trinajstić information content (AvgIpc) is 2.90. The molecule has 0 radical (unpaired) electrons. The van der Waals surface area contributed by atoms with Gasteiger partial charge in [0.1, 0.15) is 11.6 Å². The van der Waals surface area contributed by atoms with E-state index in [1.54, 1.807) is 29.4 Å². The first kappa shape index (κ1) is 21.8. The van der Waals surface area contributed by atoms with Crippen molar-refractivity contribution >= 4 is 28.4 Å². The molecule has 0 spiro atoms. The molecular weight excluding hydrogens is 430 g/mol. The van der Waals surface area contributed by atoms with E-state index in [0.29, 0.717) is 61.0 Å². The van der Waals surface area contributed by atoms with Crippen molar-refractivity contribution in [2.75, 3.05) is 31.6 Å². The van der Waals surface area contributed by atoms with Crippen LogP contribution >= 0.6 is 0 Å². The summed E-state index contributed by atoms with van der Waals surface area (Å²) in [5.74, 6) is 1.09. The molecule has 0 unspecified atom stereocenters. The molecule has 5 rings (SSSR count). The predicted octanol–water partition coefficient (Wildman–Crippen LogP) is 3.69. The lowest BCUT2D eigenvalue weighted by molar-refractivity contribution is 0.0302. The summed E-state index contributed by atoms with van der Waals surface area (Å²) in [6.45, 7) is 5.04. The number of rotatable bonds is 5. The molecule has 1 fully saturated rings. The molecule has 34 heavy (non-hydrogen) atoms. The van der Waals surface area contributed by atoms with Crippen LogP contribution in [0.25, 0.3) is 22.0 Å². The molecule has 1 aliphatic rings. The molecule has 1 aliphatic heterocycles. The largest absolute Gasteiger partial charge is 0.378 e. The van der Waals surface area contributed by atoms with Gasteiger partial charge in [-0.25, -0.2) is 9.97 Å². The Morgan fingerprint density at radius 3 is 2.50 bits per heavy atom. The van der Waals surface area contributed by atoms with E-state index in [-0.39, 0.29) is 11.3 Å². The maximum Gasteiger partial charge on any atom is 0.255 e. The van der Waals surface area contributed by atoms with Crippen LogP contribution in [0.4, 0.5) is 11.6 Å². The lowest BCUT2D eigenvalue weighted by atomic mass is 10.1. The molecule has 172 valence electrons. The Morgan fingerprint density at radius 2 is 1.79 bits per heavy atom. The van der Waals surface area contributed by atoms with Gasteiger partial charge in [0.25, 0.3) is 5.91 Å². The highest BCUT2D eigenvalue weighted by atomic mass is 16.5. The molecule has 8 heteroatoms. The normalized spacial score (nSPS) is 13.7. The molecule has 1 aromatic carbocycles. The van der Waals surface area contributed by atoms with E-state index in [2.05, 4.69) is 15.3 Å². The fourth-order valence-corrected chi connectivity index (χ4v) is 4.11. The Morgan fingerprint density at radius 1 is 1.03 bits per heavy atom. The molecule has 4 heterocycles. The third kappa shape index (κ3) is 4.27. The third-order valence-electron chi connectivity index (χ3n) is 5.96. The van der Waals surface area contributed by atoms with Crippen molar-refractivity contribution in [2.45, 2.75) is 13.5 Å². The average molecular weight is 456 g/mol. The van der Waals surface area contributed by atoms with Gasteiger partial charge < -0.3 is 19.5 Å². The Hall–Kier alpha value is -4.04. The second kappa shape index (κ2) is 9.44. The fourth-order valence-electron chi connectivity index (χ4n) is 4.11. The Bertz CT molecular complexity index is 1380. The van der Waals surface area contributed by atoms with E-state index < -0.39 is 0 Å². The summed E-state index contributed by atoms with van der Waals surface area (Å²) in [6, 6.07) is 15.0. The monoisotopic (exact) mass is 455 g/mol. The van der Waals surface area contributed by atoms with Crippen LogP contribution in [-0.2, 0) is 11.3 Å². The number of carbonyl (C=O) groups excluding carboxylic acids is 1. The van der Waals surface area contributed by atoms with Gasteiger partial charge in [-0.2, -0.15) is 0 Å². The molecular formula is C26H25N5O3. The van der Waals surface area contributed by atoms with Crippen LogP contribution in [0.2, 0.25) is 0 Å². The van der Waals surface area contributed by atoms with Gasteiger partial charge in [-0.05, 0) is 24.6 Å². The lowest BCUT2D eigenvalue weighted by Gasteiger charge is -2.26. The number of morpholine rings is 1. The fraction of sp³-hybridized carbons (Fsp3) is 0.231. The number of amides is 1. The first-order chi connectivity index (χ1) is 16.6. The van der Waals surface area contributed by atoms with Crippen LogP contribution in [-0.4, -0.2) is 51.6 Å². The zero-order valence-corrected chi connectivity index (χ0v) is 18.9. The molecule has 1 amide bonds. The summed E-state index contributed by atoms with van der Waals surface area (Å²) < 4.78 is 7.35. The molecule has 0 bridgehead atoms. The number of nitrogens with one attached hydrogen (secondary N) is 1. The standard InChI is InChI=1S/C26H25N5O3/c1-2-30-17-21(18-6-4-3-5-7-18)25(32)20-16-28-24(14-22(20)30)29-23-9-8-19(15-27-23)26(33)31-10-12-34-13-11-31/h3-9,14-17H,2,10-13H2,1H3,(H,27,28,29). The van der Waals surface area contributed by atoms with E-state index >= 15 is 0 Å². The second-order valence-corrected chi connectivity index (χ2v) is 8.07. The number of hydrogen-bond donors (Lipinski definition) is 1. The first-order valence-corrected chi connectivity index (χ1v) is 11.3. The molecule has 0 atom stereocenters. The Kier molecular flexibility index (Phi) is 6.05. The van der Waals surface area contributed by atoms with Gasteiger partial charge in [0.05, 0.1) is 29.7 Å². The number of benzene rings is 1. The van der Waals surface area contributed by atoms with Crippen LogP contribution in [0.15, 0.2) is 71.9 Å². The number of ether oxygens (including phenoxy) is 1. The quantitative estimate of drug-likeness (QED) is 0.494. The number of pyridine rings is 3. The van der Waals surface area contributed by atoms with Gasteiger partial charge in [0.15, 0.2) is 5.43 Å². The smallest absolute Gasteiger partial charge is 0.255 e. The van der Waals surface area contributed by atoms with Gasteiger partial charge in [-0.3, -0.25) is 9.59 Å². The molecule has 1 N–H and O–H groups in total. The van der Waals surface area contributed by atoms with E-state index in [9.17, 15) is 9.59 Å². The maximum atomic E-state index is 13.2. The van der Waals surface area contributed by atoms with Crippen molar-refractivity contribution in [1.82, 2.24) is 19.4 Å². The zero-order chi connectivity index (χ0) is 23.5. The van der Waals surface area contributed by atoms with Crippen LogP contribution in [0.1, 0.15) is 17.3 Å². The summed E-state index contributed by atoms with van der Waals surface area (Å²) in [6.07, 6.45) is 5.07. The van der Waals surface area contributed by atoms with Crippen LogP contribution in [0.5, 0.6) is 0 Å². The SMILES string of the molecule is CCn1cc(-c2ccccc2)c(=O)c2cnc(Nc3ccc(C(=O)N4CCOCC4)cn3)cc21. The minimum absolute atomic E-state index is 0.0472. The summed E-state index contributed by atoms with van der Waals surface area (Å²) >= 11 is 0. The predicted molar refractivity (Wildman–Crippen MR) is 131 cm³/mol. The number of aryl methyl sites for hydroxylation is 1. The summed E-state index contributed by atoms with van der Waals surface area (Å²) in [5, 5.41) is 3.74. The highest BCUT2D eigenvalue weighted by Crippen LogP contribution is 2.22. The highest BCUT2D eigenvalue weighted by Gasteiger charge is 2.19. The topological polar surface area (TPSA) is 89.4 Å². The van der Waals surface area contributed by atoms with Crippen molar-refractivity contribution in [1.29, 1.82) is 0 Å². The molecule has 3 aromatic heterocycles. The van der Waals surface area contributed by atoms with Gasteiger partial charge >= 0.3 is 0 Å². The van der Waals surface area contributed by atoms with E-state index in [0.717, 1.165) is 11.1 Å². The number of hydrogen-bond acceptors (Lipinski definition) is 6. The number of fused-ring (bicyclic) bond motifs is 1. The lowest BCUT2D eigenvalue weighted by Crippen LogP contribution is -2.40. The van der Waals surface area contributed by atoms with Gasteiger partial charge in [0.2, 0.25) is 0 Å². The summed E-state index contributed by atoms with van der Waals surface area (Å²) in [4.78, 5) is 36.4. The van der Waals surface area contributed by atoms with E-state index in [1.165, 1.54) is 0 Å². The number of carbonyl (C=O) groups is 1. The zero-order valence-electron chi connectivity index (χ0n) is 18.9. The van der Waals surface area contributed by atoms with Crippen LogP contribution < -0.4 is 10.7 Å². The first-order valence-electron chi connectivity index (χ1n) is 11.3. The Labute approximate surface area is 196 Å². The maximum absolute atomic E-state index is 13.2. The Balaban J connectivity index is 1.41.